The van der Waals surface area contributed by atoms with Gasteiger partial charge in [-0.15, -0.1) is 6.58 Å². The van der Waals surface area contributed by atoms with Gasteiger partial charge in [-0.2, -0.15) is 0 Å². The highest BCUT2D eigenvalue weighted by molar-refractivity contribution is 6.05. The first kappa shape index (κ1) is 23.5. The van der Waals surface area contributed by atoms with Gasteiger partial charge in [0.1, 0.15) is 28.6 Å². The highest BCUT2D eigenvalue weighted by Gasteiger charge is 2.40. The maximum atomic E-state index is 12.8. The van der Waals surface area contributed by atoms with Gasteiger partial charge in [0.15, 0.2) is 35.9 Å². The van der Waals surface area contributed by atoms with Crippen LogP contribution in [0.4, 0.5) is 0 Å². The van der Waals surface area contributed by atoms with Crippen molar-refractivity contribution < 1.29 is 44.5 Å². The molecule has 0 fully saturated rings. The molecular weight excluding hydrogens is 468 g/mol. The molecule has 9 nitrogen and oxygen atoms in total. The number of phenols is 3. The average Bonchev–Trinajstić information content (AvgIpc) is 2.86. The SMILES string of the molecule is C=CCc1cc(C2Oc3cc([C@H]4Oc5cc(O)cc(O)c5C(=O)[C@@H]4O)ccc3OC2CO)ccc1O. The first-order chi connectivity index (χ1) is 17.3. The van der Waals surface area contributed by atoms with Crippen LogP contribution in [0.5, 0.6) is 34.5 Å². The Bertz CT molecular complexity index is 1350. The predicted octanol–water partition coefficient (Wildman–Crippen LogP) is 3.08. The van der Waals surface area contributed by atoms with E-state index in [0.717, 1.165) is 6.07 Å². The van der Waals surface area contributed by atoms with E-state index >= 15 is 0 Å². The highest BCUT2D eigenvalue weighted by Crippen LogP contribution is 2.45. The summed E-state index contributed by atoms with van der Waals surface area (Å²) in [5.41, 5.74) is 1.50. The fraction of sp³-hybridized carbons (Fsp3) is 0.222. The van der Waals surface area contributed by atoms with Crippen LogP contribution in [-0.4, -0.2) is 50.1 Å². The molecule has 0 radical (unpaired) electrons. The van der Waals surface area contributed by atoms with Gasteiger partial charge in [0.2, 0.25) is 5.78 Å². The third-order valence-corrected chi connectivity index (χ3v) is 6.26. The largest absolute Gasteiger partial charge is 0.508 e. The van der Waals surface area contributed by atoms with Crippen LogP contribution in [0.3, 0.4) is 0 Å². The number of carbonyl (C=O) groups excluding carboxylic acids is 1. The third kappa shape index (κ3) is 3.98. The molecule has 4 atom stereocenters. The van der Waals surface area contributed by atoms with Gasteiger partial charge in [-0.05, 0) is 47.4 Å². The predicted molar refractivity (Wildman–Crippen MR) is 127 cm³/mol. The summed E-state index contributed by atoms with van der Waals surface area (Å²) in [6.45, 7) is 3.37. The normalized spacial score (nSPS) is 22.4. The van der Waals surface area contributed by atoms with Gasteiger partial charge in [-0.25, -0.2) is 0 Å². The lowest BCUT2D eigenvalue weighted by molar-refractivity contribution is -0.0130. The number of Topliss-reactive ketones (excluding diaryl/α,β-unsaturated/α-hetero) is 1. The van der Waals surface area contributed by atoms with Gasteiger partial charge in [0, 0.05) is 12.1 Å². The van der Waals surface area contributed by atoms with Crippen LogP contribution >= 0.6 is 0 Å². The second kappa shape index (κ2) is 9.10. The average molecular weight is 492 g/mol. The zero-order valence-electron chi connectivity index (χ0n) is 19.0. The number of hydrogen-bond acceptors (Lipinski definition) is 9. The van der Waals surface area contributed by atoms with Gasteiger partial charge in [-0.3, -0.25) is 4.79 Å². The molecule has 0 aromatic heterocycles. The molecule has 2 unspecified atom stereocenters. The molecule has 3 aromatic carbocycles. The Morgan fingerprint density at radius 1 is 0.833 bits per heavy atom. The molecule has 3 aromatic rings. The van der Waals surface area contributed by atoms with Crippen LogP contribution < -0.4 is 14.2 Å². The van der Waals surface area contributed by atoms with Crippen molar-refractivity contribution in [1.29, 1.82) is 0 Å². The number of ketones is 1. The summed E-state index contributed by atoms with van der Waals surface area (Å²) in [4.78, 5) is 12.8. The van der Waals surface area contributed by atoms with Crippen LogP contribution in [-0.2, 0) is 6.42 Å². The van der Waals surface area contributed by atoms with E-state index < -0.39 is 35.9 Å². The van der Waals surface area contributed by atoms with E-state index in [-0.39, 0.29) is 29.4 Å². The molecule has 0 aliphatic carbocycles. The lowest BCUT2D eigenvalue weighted by Gasteiger charge is -2.35. The van der Waals surface area contributed by atoms with Gasteiger partial charge >= 0.3 is 0 Å². The number of carbonyl (C=O) groups is 1. The molecule has 0 saturated carbocycles. The minimum absolute atomic E-state index is 0.0558. The van der Waals surface area contributed by atoms with Gasteiger partial charge in [0.25, 0.3) is 0 Å². The number of hydrogen-bond donors (Lipinski definition) is 5. The molecule has 5 N–H and O–H groups in total. The van der Waals surface area contributed by atoms with Crippen molar-refractivity contribution >= 4 is 5.78 Å². The second-order valence-electron chi connectivity index (χ2n) is 8.65. The van der Waals surface area contributed by atoms with E-state index in [9.17, 15) is 30.3 Å². The molecule has 186 valence electrons. The molecule has 0 bridgehead atoms. The Hall–Kier alpha value is -4.21. The Morgan fingerprint density at radius 3 is 2.31 bits per heavy atom. The standard InChI is InChI=1S/C27H24O9/c1-2-3-13-8-14(4-6-17(13)30)26-22(12-28)34-19-7-5-15(9-20(19)35-26)27-25(33)24(32)23-18(31)10-16(29)11-21(23)36-27/h2,4-11,22,25-31,33H,1,3,12H2/t22?,25-,26?,27+/m0/s1. The number of fused-ring (bicyclic) bond motifs is 2. The molecule has 0 saturated heterocycles. The van der Waals surface area contributed by atoms with Gasteiger partial charge in [0.05, 0.1) is 6.61 Å². The van der Waals surface area contributed by atoms with Crippen LogP contribution in [0.2, 0.25) is 0 Å². The number of phenolic OH excluding ortho intramolecular Hbond substituents is 3. The van der Waals surface area contributed by atoms with Crippen molar-refractivity contribution in [2.45, 2.75) is 30.8 Å². The summed E-state index contributed by atoms with van der Waals surface area (Å²) in [6, 6.07) is 11.9. The minimum atomic E-state index is -1.62. The molecule has 0 amide bonds. The summed E-state index contributed by atoms with van der Waals surface area (Å²) in [7, 11) is 0. The van der Waals surface area contributed by atoms with Crippen LogP contribution in [0, 0.1) is 0 Å². The monoisotopic (exact) mass is 492 g/mol. The van der Waals surface area contributed by atoms with Crippen molar-refractivity contribution in [2.75, 3.05) is 6.61 Å². The van der Waals surface area contributed by atoms with E-state index in [1.165, 1.54) is 12.1 Å². The highest BCUT2D eigenvalue weighted by atomic mass is 16.6. The Labute approximate surface area is 206 Å². The van der Waals surface area contributed by atoms with E-state index in [0.29, 0.717) is 34.6 Å². The maximum absolute atomic E-state index is 12.8. The molecule has 2 aliphatic rings. The Kier molecular flexibility index (Phi) is 5.95. The number of aromatic hydroxyl groups is 3. The number of benzene rings is 3. The third-order valence-electron chi connectivity index (χ3n) is 6.26. The summed E-state index contributed by atoms with van der Waals surface area (Å²) < 4.78 is 18.0. The fourth-order valence-corrected chi connectivity index (χ4v) is 4.51. The molecule has 2 aliphatic heterocycles. The van der Waals surface area contributed by atoms with E-state index in [1.54, 1.807) is 36.4 Å². The van der Waals surface area contributed by atoms with Crippen molar-refractivity contribution in [1.82, 2.24) is 0 Å². The Morgan fingerprint density at radius 2 is 1.56 bits per heavy atom. The van der Waals surface area contributed by atoms with Crippen molar-refractivity contribution in [3.05, 3.63) is 83.4 Å². The molecule has 5 rings (SSSR count). The quantitative estimate of drug-likeness (QED) is 0.339. The zero-order chi connectivity index (χ0) is 25.6. The molecular formula is C27H24O9. The first-order valence-corrected chi connectivity index (χ1v) is 11.3. The topological polar surface area (TPSA) is 146 Å². The van der Waals surface area contributed by atoms with Crippen molar-refractivity contribution in [3.8, 4) is 34.5 Å². The lowest BCUT2D eigenvalue weighted by atomic mass is 9.92. The lowest BCUT2D eigenvalue weighted by Crippen LogP contribution is -2.37. The minimum Gasteiger partial charge on any atom is -0.508 e. The summed E-state index contributed by atoms with van der Waals surface area (Å²) >= 11 is 0. The van der Waals surface area contributed by atoms with Crippen molar-refractivity contribution in [2.24, 2.45) is 0 Å². The molecule has 36 heavy (non-hydrogen) atoms. The Balaban J connectivity index is 1.49. The van der Waals surface area contributed by atoms with Crippen LogP contribution in [0.25, 0.3) is 0 Å². The van der Waals surface area contributed by atoms with Crippen LogP contribution in [0.1, 0.15) is 39.3 Å². The van der Waals surface area contributed by atoms with Crippen LogP contribution in [0.15, 0.2) is 61.2 Å². The number of allylic oxidation sites excluding steroid dienone is 1. The molecule has 9 heteroatoms. The summed E-state index contributed by atoms with van der Waals surface area (Å²) in [5.74, 6) is -0.814. The molecule has 0 spiro atoms. The van der Waals surface area contributed by atoms with Crippen molar-refractivity contribution in [3.63, 3.8) is 0 Å². The zero-order valence-corrected chi connectivity index (χ0v) is 19.0. The number of rotatable bonds is 5. The fourth-order valence-electron chi connectivity index (χ4n) is 4.51. The molecule has 2 heterocycles. The van der Waals surface area contributed by atoms with E-state index in [2.05, 4.69) is 6.58 Å². The number of aliphatic hydroxyl groups excluding tert-OH is 2. The van der Waals surface area contributed by atoms with Gasteiger partial charge < -0.3 is 39.7 Å². The second-order valence-corrected chi connectivity index (χ2v) is 8.65. The number of ether oxygens (including phenoxy) is 3. The van der Waals surface area contributed by atoms with E-state index in [1.807, 2.05) is 0 Å². The van der Waals surface area contributed by atoms with E-state index in [4.69, 9.17) is 14.2 Å². The van der Waals surface area contributed by atoms with Gasteiger partial charge in [-0.1, -0.05) is 18.2 Å². The first-order valence-electron chi connectivity index (χ1n) is 11.3. The summed E-state index contributed by atoms with van der Waals surface area (Å²) in [5, 5.41) is 50.6. The smallest absolute Gasteiger partial charge is 0.202 e. The summed E-state index contributed by atoms with van der Waals surface area (Å²) in [6.07, 6.45) is -2.08. The maximum Gasteiger partial charge on any atom is 0.202 e. The number of aliphatic hydroxyl groups is 2.